The van der Waals surface area contributed by atoms with Crippen LogP contribution in [0.5, 0.6) is 0 Å². The zero-order valence-electron chi connectivity index (χ0n) is 20.0. The Morgan fingerprint density at radius 1 is 1.31 bits per heavy atom. The second kappa shape index (κ2) is 9.46. The highest BCUT2D eigenvalue weighted by Gasteiger charge is 2.39. The van der Waals surface area contributed by atoms with Crippen molar-refractivity contribution in [1.82, 2.24) is 10.2 Å². The van der Waals surface area contributed by atoms with Gasteiger partial charge < -0.3 is 15.3 Å². The number of benzene rings is 1. The smallest absolute Gasteiger partial charge is 0.321 e. The summed E-state index contributed by atoms with van der Waals surface area (Å²) in [4.78, 5) is 25.3. The molecule has 1 aliphatic heterocycles. The first-order chi connectivity index (χ1) is 14.8. The van der Waals surface area contributed by atoms with Crippen LogP contribution in [0.4, 0.5) is 4.79 Å². The predicted octanol–water partition coefficient (Wildman–Crippen LogP) is 6.36. The Kier molecular flexibility index (Phi) is 7.28. The minimum absolute atomic E-state index is 0.0691. The molecule has 1 aliphatic carbocycles. The molecule has 1 fully saturated rings. The summed E-state index contributed by atoms with van der Waals surface area (Å²) in [6, 6.07) is 6.09. The second-order valence-corrected chi connectivity index (χ2v) is 11.8. The molecule has 3 rings (SSSR count). The molecule has 5 nitrogen and oxygen atoms in total. The van der Waals surface area contributed by atoms with Crippen LogP contribution in [0.2, 0.25) is 5.02 Å². The fourth-order valence-corrected chi connectivity index (χ4v) is 5.05. The van der Waals surface area contributed by atoms with E-state index in [0.29, 0.717) is 0 Å². The summed E-state index contributed by atoms with van der Waals surface area (Å²) in [5, 5.41) is 13.0. The lowest BCUT2D eigenvalue weighted by atomic mass is 9.83. The van der Waals surface area contributed by atoms with Gasteiger partial charge in [-0.05, 0) is 65.7 Å². The third-order valence-corrected chi connectivity index (χ3v) is 7.05. The number of carboxylic acids is 1. The maximum absolute atomic E-state index is 12.8. The van der Waals surface area contributed by atoms with Crippen LogP contribution in [0, 0.1) is 10.8 Å². The minimum Gasteiger partial charge on any atom is -0.481 e. The predicted molar refractivity (Wildman–Crippen MR) is 129 cm³/mol. The average molecular weight is 461 g/mol. The molecule has 1 saturated carbocycles. The lowest BCUT2D eigenvalue weighted by Gasteiger charge is -2.36. The van der Waals surface area contributed by atoms with Gasteiger partial charge in [-0.3, -0.25) is 4.79 Å². The van der Waals surface area contributed by atoms with Gasteiger partial charge in [0.1, 0.15) is 0 Å². The zero-order chi connectivity index (χ0) is 23.7. The van der Waals surface area contributed by atoms with Crippen molar-refractivity contribution in [2.45, 2.75) is 85.1 Å². The molecule has 1 aromatic carbocycles. The normalized spacial score (nSPS) is 23.1. The average Bonchev–Trinajstić information content (AvgIpc) is 2.79. The van der Waals surface area contributed by atoms with Gasteiger partial charge in [0.2, 0.25) is 0 Å². The Morgan fingerprint density at radius 2 is 2.03 bits per heavy atom. The van der Waals surface area contributed by atoms with E-state index in [-0.39, 0.29) is 41.8 Å². The number of aliphatic carboxylic acids is 1. The van der Waals surface area contributed by atoms with Crippen LogP contribution in [-0.4, -0.2) is 34.6 Å². The lowest BCUT2D eigenvalue weighted by Crippen LogP contribution is -2.50. The summed E-state index contributed by atoms with van der Waals surface area (Å²) < 4.78 is 0. The Bertz CT molecular complexity index is 901. The fourth-order valence-electron chi connectivity index (χ4n) is 4.76. The molecular formula is C26H37ClN2O3. The van der Waals surface area contributed by atoms with E-state index in [9.17, 15) is 9.59 Å². The number of carboxylic acid groups (broad SMARTS) is 1. The number of rotatable bonds is 6. The SMILES string of the molecule is CC(C)(C)CCc1ccc(C2CCC(C)(C)CC3=CN(CCC(=O)O)C(=O)NC32)cc1Cl. The van der Waals surface area contributed by atoms with Gasteiger partial charge in [-0.2, -0.15) is 0 Å². The number of amides is 2. The quantitative estimate of drug-likeness (QED) is 0.518. The zero-order valence-corrected chi connectivity index (χ0v) is 20.8. The van der Waals surface area contributed by atoms with Gasteiger partial charge in [0, 0.05) is 23.7 Å². The topological polar surface area (TPSA) is 69.6 Å². The van der Waals surface area contributed by atoms with Crippen LogP contribution >= 0.6 is 11.6 Å². The van der Waals surface area contributed by atoms with E-state index in [1.54, 1.807) is 0 Å². The van der Waals surface area contributed by atoms with Crippen molar-refractivity contribution in [3.05, 3.63) is 46.1 Å². The molecule has 1 heterocycles. The van der Waals surface area contributed by atoms with Crippen molar-refractivity contribution >= 4 is 23.6 Å². The highest BCUT2D eigenvalue weighted by Crippen LogP contribution is 2.44. The highest BCUT2D eigenvalue weighted by molar-refractivity contribution is 6.31. The molecule has 176 valence electrons. The Labute approximate surface area is 197 Å². The third kappa shape index (κ3) is 6.28. The number of halogens is 1. The molecule has 0 bridgehead atoms. The summed E-state index contributed by atoms with van der Waals surface area (Å²) in [6.07, 6.45) is 6.72. The van der Waals surface area contributed by atoms with Crippen molar-refractivity contribution in [1.29, 1.82) is 0 Å². The standard InChI is InChI=1S/C26H37ClN2O3/c1-25(2,3)11-8-17-6-7-18(14-21(17)27)20-9-12-26(4,5)15-19-16-29(13-10-22(30)31)24(32)28-23(19)20/h6-7,14,16,20,23H,8-13,15H2,1-5H3,(H,28,32)(H,30,31). The second-order valence-electron chi connectivity index (χ2n) is 11.4. The highest BCUT2D eigenvalue weighted by atomic mass is 35.5. The molecule has 2 atom stereocenters. The van der Waals surface area contributed by atoms with Crippen LogP contribution in [0.1, 0.15) is 83.8 Å². The number of hydrogen-bond acceptors (Lipinski definition) is 2. The molecule has 0 aromatic heterocycles. The van der Waals surface area contributed by atoms with Gasteiger partial charge in [0.05, 0.1) is 12.5 Å². The van der Waals surface area contributed by atoms with E-state index in [1.165, 1.54) is 10.5 Å². The number of aryl methyl sites for hydroxylation is 1. The van der Waals surface area contributed by atoms with Crippen molar-refractivity contribution < 1.29 is 14.7 Å². The van der Waals surface area contributed by atoms with E-state index in [0.717, 1.165) is 48.3 Å². The molecule has 6 heteroatoms. The van der Waals surface area contributed by atoms with Crippen LogP contribution in [0.25, 0.3) is 0 Å². The summed E-state index contributed by atoms with van der Waals surface area (Å²) in [7, 11) is 0. The van der Waals surface area contributed by atoms with E-state index >= 15 is 0 Å². The summed E-state index contributed by atoms with van der Waals surface area (Å²) in [5.74, 6) is -0.763. The first-order valence-corrected chi connectivity index (χ1v) is 12.0. The van der Waals surface area contributed by atoms with E-state index in [2.05, 4.69) is 58.1 Å². The van der Waals surface area contributed by atoms with Gasteiger partial charge >= 0.3 is 12.0 Å². The molecule has 2 amide bonds. The lowest BCUT2D eigenvalue weighted by molar-refractivity contribution is -0.137. The maximum Gasteiger partial charge on any atom is 0.321 e. The van der Waals surface area contributed by atoms with Crippen molar-refractivity contribution in [3.8, 4) is 0 Å². The monoisotopic (exact) mass is 460 g/mol. The number of hydrogen-bond donors (Lipinski definition) is 2. The molecular weight excluding hydrogens is 424 g/mol. The maximum atomic E-state index is 12.8. The first-order valence-electron chi connectivity index (χ1n) is 11.6. The molecule has 0 saturated heterocycles. The molecule has 2 unspecified atom stereocenters. The van der Waals surface area contributed by atoms with Crippen LogP contribution < -0.4 is 5.32 Å². The van der Waals surface area contributed by atoms with Gasteiger partial charge in [-0.15, -0.1) is 0 Å². The van der Waals surface area contributed by atoms with Crippen molar-refractivity contribution in [2.24, 2.45) is 10.8 Å². The van der Waals surface area contributed by atoms with Crippen molar-refractivity contribution in [2.75, 3.05) is 6.54 Å². The Morgan fingerprint density at radius 3 is 2.66 bits per heavy atom. The molecule has 0 spiro atoms. The van der Waals surface area contributed by atoms with Gasteiger partial charge in [-0.1, -0.05) is 58.4 Å². The van der Waals surface area contributed by atoms with Crippen LogP contribution in [-0.2, 0) is 11.2 Å². The number of carbonyl (C=O) groups is 2. The minimum atomic E-state index is -0.904. The molecule has 2 aliphatic rings. The summed E-state index contributed by atoms with van der Waals surface area (Å²) in [6.45, 7) is 11.4. The summed E-state index contributed by atoms with van der Waals surface area (Å²) >= 11 is 6.71. The van der Waals surface area contributed by atoms with Gasteiger partial charge in [0.15, 0.2) is 0 Å². The Balaban J connectivity index is 1.88. The number of fused-ring (bicyclic) bond motifs is 1. The third-order valence-electron chi connectivity index (χ3n) is 6.69. The van der Waals surface area contributed by atoms with Crippen LogP contribution in [0.15, 0.2) is 30.0 Å². The molecule has 1 aromatic rings. The Hall–Kier alpha value is -2.01. The molecule has 32 heavy (non-hydrogen) atoms. The largest absolute Gasteiger partial charge is 0.481 e. The number of nitrogens with one attached hydrogen (secondary N) is 1. The van der Waals surface area contributed by atoms with Gasteiger partial charge in [-0.25, -0.2) is 4.79 Å². The number of carbonyl (C=O) groups excluding carboxylic acids is 1. The van der Waals surface area contributed by atoms with Gasteiger partial charge in [0.25, 0.3) is 0 Å². The van der Waals surface area contributed by atoms with E-state index in [1.807, 2.05) is 6.20 Å². The van der Waals surface area contributed by atoms with Crippen LogP contribution in [0.3, 0.4) is 0 Å². The number of nitrogens with zero attached hydrogens (tertiary/aromatic N) is 1. The van der Waals surface area contributed by atoms with Crippen molar-refractivity contribution in [3.63, 3.8) is 0 Å². The molecule has 2 N–H and O–H groups in total. The first kappa shape index (κ1) is 24.6. The van der Waals surface area contributed by atoms with E-state index < -0.39 is 5.97 Å². The molecule has 0 radical (unpaired) electrons. The summed E-state index contributed by atoms with van der Waals surface area (Å²) in [5.41, 5.74) is 3.85. The number of urea groups is 1. The van der Waals surface area contributed by atoms with E-state index in [4.69, 9.17) is 16.7 Å². The fraction of sp³-hybridized carbons (Fsp3) is 0.615.